The molecule has 1 heterocycles. The highest BCUT2D eigenvalue weighted by Crippen LogP contribution is 2.22. The second-order valence-electron chi connectivity index (χ2n) is 7.18. The predicted octanol–water partition coefficient (Wildman–Crippen LogP) is 3.63. The summed E-state index contributed by atoms with van der Waals surface area (Å²) < 4.78 is 1.59. The van der Waals surface area contributed by atoms with Gasteiger partial charge in [0.1, 0.15) is 5.82 Å². The zero-order chi connectivity index (χ0) is 22.0. The quantitative estimate of drug-likeness (QED) is 0.502. The molecule has 3 aromatic carbocycles. The van der Waals surface area contributed by atoms with E-state index in [2.05, 4.69) is 22.2 Å². The van der Waals surface area contributed by atoms with Crippen LogP contribution in [0.1, 0.15) is 37.9 Å². The van der Waals surface area contributed by atoms with Crippen LogP contribution in [-0.2, 0) is 6.42 Å². The van der Waals surface area contributed by atoms with Crippen LogP contribution in [0.25, 0.3) is 16.8 Å². The molecule has 154 valence electrons. The lowest BCUT2D eigenvalue weighted by molar-refractivity contribution is 0.0696. The van der Waals surface area contributed by atoms with Gasteiger partial charge in [0.25, 0.3) is 5.91 Å². The number of nitrogens with two attached hydrogens (primary N) is 1. The Balaban J connectivity index is 1.47. The van der Waals surface area contributed by atoms with Crippen LogP contribution in [0.15, 0.2) is 72.8 Å². The fourth-order valence-corrected chi connectivity index (χ4v) is 3.35. The molecule has 0 unspecified atom stereocenters. The van der Waals surface area contributed by atoms with Gasteiger partial charge in [-0.2, -0.15) is 0 Å². The van der Waals surface area contributed by atoms with Gasteiger partial charge in [0, 0.05) is 0 Å². The molecule has 0 saturated heterocycles. The summed E-state index contributed by atoms with van der Waals surface area (Å²) in [6.07, 6.45) is 0.765. The highest BCUT2D eigenvalue weighted by molar-refractivity contribution is 5.89. The van der Waals surface area contributed by atoms with Crippen molar-refractivity contribution in [3.63, 3.8) is 0 Å². The maximum absolute atomic E-state index is 11.3. The summed E-state index contributed by atoms with van der Waals surface area (Å²) in [6, 6.07) is 22.9. The number of aromatic carboxylic acids is 1. The number of carboxylic acid groups (broad SMARTS) is 1. The molecule has 4 aromatic rings. The van der Waals surface area contributed by atoms with Crippen LogP contribution in [-0.4, -0.2) is 31.7 Å². The van der Waals surface area contributed by atoms with Gasteiger partial charge in [0.05, 0.1) is 11.3 Å². The van der Waals surface area contributed by atoms with Crippen LogP contribution >= 0.6 is 0 Å². The zero-order valence-electron chi connectivity index (χ0n) is 16.8. The number of nitrogens with zero attached hydrogens (tertiary/aromatic N) is 3. The summed E-state index contributed by atoms with van der Waals surface area (Å²) in [7, 11) is 0. The Morgan fingerprint density at radius 2 is 1.39 bits per heavy atom. The largest absolute Gasteiger partial charge is 0.478 e. The van der Waals surface area contributed by atoms with Crippen molar-refractivity contribution < 1.29 is 14.7 Å². The Labute approximate surface area is 178 Å². The molecule has 3 N–H and O–H groups in total. The fourth-order valence-electron chi connectivity index (χ4n) is 3.35. The van der Waals surface area contributed by atoms with Crippen LogP contribution in [0, 0.1) is 6.92 Å². The Kier molecular flexibility index (Phi) is 5.32. The van der Waals surface area contributed by atoms with Gasteiger partial charge in [-0.05, 0) is 59.9 Å². The van der Waals surface area contributed by atoms with E-state index in [1.807, 2.05) is 48.5 Å². The number of rotatable bonds is 6. The van der Waals surface area contributed by atoms with E-state index in [4.69, 9.17) is 10.8 Å². The van der Waals surface area contributed by atoms with Gasteiger partial charge in [-0.1, -0.05) is 48.5 Å². The van der Waals surface area contributed by atoms with Crippen LogP contribution in [0.4, 0.5) is 0 Å². The third kappa shape index (κ3) is 4.35. The lowest BCUT2D eigenvalue weighted by Crippen LogP contribution is -2.13. The molecule has 0 atom stereocenters. The first-order valence-corrected chi connectivity index (χ1v) is 9.66. The zero-order valence-corrected chi connectivity index (χ0v) is 16.8. The minimum atomic E-state index is -0.930. The number of primary amides is 1. The lowest BCUT2D eigenvalue weighted by Gasteiger charge is -2.07. The Morgan fingerprint density at radius 1 is 0.871 bits per heavy atom. The average molecular weight is 412 g/mol. The number of aromatic nitrogens is 3. The van der Waals surface area contributed by atoms with Crippen LogP contribution < -0.4 is 5.73 Å². The molecule has 0 fully saturated rings. The van der Waals surface area contributed by atoms with Gasteiger partial charge in [0.15, 0.2) is 0 Å². The molecular weight excluding hydrogens is 392 g/mol. The number of carbonyl (C=O) groups is 2. The van der Waals surface area contributed by atoms with Crippen molar-refractivity contribution >= 4 is 11.9 Å². The van der Waals surface area contributed by atoms with Gasteiger partial charge >= 0.3 is 5.97 Å². The summed E-state index contributed by atoms with van der Waals surface area (Å²) in [4.78, 5) is 26.3. The first-order valence-electron chi connectivity index (χ1n) is 9.66. The maximum Gasteiger partial charge on any atom is 0.335 e. The minimum absolute atomic E-state index is 0.000679. The molecule has 7 nitrogen and oxygen atoms in total. The van der Waals surface area contributed by atoms with E-state index in [1.165, 1.54) is 0 Å². The third-order valence-electron chi connectivity index (χ3n) is 5.00. The Morgan fingerprint density at radius 3 is 1.87 bits per heavy atom. The standard InChI is InChI=1S/C24H20N4O3/c1-15-26-23(22(25)29)27-28(15)21-12-4-17(5-13-21)14-16-2-6-18(7-3-16)19-8-10-20(11-9-19)24(30)31/h2-13H,14H2,1H3,(H2,25,29)(H,30,31). The number of carboxylic acids is 1. The molecule has 0 aliphatic carbocycles. The van der Waals surface area contributed by atoms with Crippen molar-refractivity contribution in [3.05, 3.63) is 101 Å². The average Bonchev–Trinajstić information content (AvgIpc) is 3.17. The van der Waals surface area contributed by atoms with Gasteiger partial charge < -0.3 is 10.8 Å². The monoisotopic (exact) mass is 412 g/mol. The minimum Gasteiger partial charge on any atom is -0.478 e. The van der Waals surface area contributed by atoms with Crippen LogP contribution in [0.3, 0.4) is 0 Å². The molecule has 1 amide bonds. The second-order valence-corrected chi connectivity index (χ2v) is 7.18. The number of hydrogen-bond acceptors (Lipinski definition) is 4. The summed E-state index contributed by atoms with van der Waals surface area (Å²) in [6.45, 7) is 1.77. The molecule has 1 aromatic heterocycles. The first kappa shape index (κ1) is 20.0. The second kappa shape index (κ2) is 8.23. The molecular formula is C24H20N4O3. The van der Waals surface area contributed by atoms with Crippen molar-refractivity contribution in [3.8, 4) is 16.8 Å². The van der Waals surface area contributed by atoms with E-state index in [1.54, 1.807) is 23.7 Å². The van der Waals surface area contributed by atoms with Gasteiger partial charge in [-0.15, -0.1) is 5.10 Å². The first-order chi connectivity index (χ1) is 14.9. The molecule has 0 radical (unpaired) electrons. The molecule has 0 aliphatic rings. The number of benzene rings is 3. The van der Waals surface area contributed by atoms with Crippen molar-refractivity contribution in [2.45, 2.75) is 13.3 Å². The number of amides is 1. The lowest BCUT2D eigenvalue weighted by atomic mass is 9.99. The summed E-state index contributed by atoms with van der Waals surface area (Å²) in [5.41, 5.74) is 10.6. The van der Waals surface area contributed by atoms with E-state index in [0.717, 1.165) is 34.4 Å². The molecule has 31 heavy (non-hydrogen) atoms. The van der Waals surface area contributed by atoms with Crippen molar-refractivity contribution in [2.24, 2.45) is 5.73 Å². The van der Waals surface area contributed by atoms with E-state index >= 15 is 0 Å². The van der Waals surface area contributed by atoms with Crippen molar-refractivity contribution in [2.75, 3.05) is 0 Å². The fraction of sp³-hybridized carbons (Fsp3) is 0.0833. The third-order valence-corrected chi connectivity index (χ3v) is 5.00. The highest BCUT2D eigenvalue weighted by Gasteiger charge is 2.12. The summed E-state index contributed by atoms with van der Waals surface area (Å²) in [5, 5.41) is 13.2. The predicted molar refractivity (Wildman–Crippen MR) is 116 cm³/mol. The number of carbonyl (C=O) groups excluding carboxylic acids is 1. The van der Waals surface area contributed by atoms with Crippen LogP contribution in [0.5, 0.6) is 0 Å². The molecule has 4 rings (SSSR count). The topological polar surface area (TPSA) is 111 Å². The Bertz CT molecular complexity index is 1240. The molecule has 0 bridgehead atoms. The summed E-state index contributed by atoms with van der Waals surface area (Å²) in [5.74, 6) is -0.993. The maximum atomic E-state index is 11.3. The molecule has 0 saturated carbocycles. The van der Waals surface area contributed by atoms with Crippen molar-refractivity contribution in [1.82, 2.24) is 14.8 Å². The van der Waals surface area contributed by atoms with Gasteiger partial charge in [0.2, 0.25) is 5.82 Å². The van der Waals surface area contributed by atoms with Gasteiger partial charge in [-0.3, -0.25) is 4.79 Å². The smallest absolute Gasteiger partial charge is 0.335 e. The van der Waals surface area contributed by atoms with Gasteiger partial charge in [-0.25, -0.2) is 14.5 Å². The van der Waals surface area contributed by atoms with Crippen molar-refractivity contribution in [1.29, 1.82) is 0 Å². The van der Waals surface area contributed by atoms with E-state index in [0.29, 0.717) is 5.82 Å². The SMILES string of the molecule is Cc1nc(C(N)=O)nn1-c1ccc(Cc2ccc(-c3ccc(C(=O)O)cc3)cc2)cc1. The summed E-state index contributed by atoms with van der Waals surface area (Å²) >= 11 is 0. The van der Waals surface area contributed by atoms with E-state index < -0.39 is 11.9 Å². The van der Waals surface area contributed by atoms with E-state index in [-0.39, 0.29) is 11.4 Å². The number of hydrogen-bond donors (Lipinski definition) is 2. The van der Waals surface area contributed by atoms with E-state index in [9.17, 15) is 9.59 Å². The number of aryl methyl sites for hydroxylation is 1. The molecule has 0 aliphatic heterocycles. The normalized spacial score (nSPS) is 10.7. The molecule has 7 heteroatoms. The molecule has 0 spiro atoms. The Hall–Kier alpha value is -4.26. The highest BCUT2D eigenvalue weighted by atomic mass is 16.4. The van der Waals surface area contributed by atoms with Crippen LogP contribution in [0.2, 0.25) is 0 Å².